The summed E-state index contributed by atoms with van der Waals surface area (Å²) in [6, 6.07) is 3.31. The number of benzene rings is 1. The highest BCUT2D eigenvalue weighted by Gasteiger charge is 2.30. The number of amides is 1. The summed E-state index contributed by atoms with van der Waals surface area (Å²) in [4.78, 5) is 16.5. The van der Waals surface area contributed by atoms with E-state index in [9.17, 15) is 9.90 Å². The normalized spacial score (nSPS) is 17.0. The summed E-state index contributed by atoms with van der Waals surface area (Å²) < 4.78 is 7.27. The van der Waals surface area contributed by atoms with Crippen molar-refractivity contribution in [3.05, 3.63) is 35.9 Å². The minimum absolute atomic E-state index is 0.0131. The van der Waals surface area contributed by atoms with Gasteiger partial charge in [-0.2, -0.15) is 0 Å². The second-order valence-corrected chi connectivity index (χ2v) is 5.40. The SMILES string of the molecule is CCCn1ccnc1[C@@H]1CC(=O)Nc2cc(O)c(OC)cc21. The number of anilines is 1. The van der Waals surface area contributed by atoms with E-state index in [2.05, 4.69) is 21.8 Å². The van der Waals surface area contributed by atoms with Gasteiger partial charge in [0.05, 0.1) is 13.0 Å². The molecule has 1 aliphatic heterocycles. The average molecular weight is 301 g/mol. The van der Waals surface area contributed by atoms with Crippen molar-refractivity contribution in [2.24, 2.45) is 0 Å². The Morgan fingerprint density at radius 3 is 3.05 bits per heavy atom. The molecule has 0 spiro atoms. The van der Waals surface area contributed by atoms with Crippen LogP contribution in [0.4, 0.5) is 5.69 Å². The summed E-state index contributed by atoms with van der Waals surface area (Å²) in [5.41, 5.74) is 1.53. The van der Waals surface area contributed by atoms with Crippen LogP contribution in [0.3, 0.4) is 0 Å². The fourth-order valence-corrected chi connectivity index (χ4v) is 2.93. The first-order valence-corrected chi connectivity index (χ1v) is 7.35. The smallest absolute Gasteiger partial charge is 0.225 e. The third-order valence-electron chi connectivity index (χ3n) is 3.91. The van der Waals surface area contributed by atoms with Crippen molar-refractivity contribution >= 4 is 11.6 Å². The summed E-state index contributed by atoms with van der Waals surface area (Å²) in [5, 5.41) is 12.7. The Kier molecular flexibility index (Phi) is 3.75. The van der Waals surface area contributed by atoms with E-state index in [1.54, 1.807) is 12.3 Å². The van der Waals surface area contributed by atoms with Crippen LogP contribution in [0.2, 0.25) is 0 Å². The van der Waals surface area contributed by atoms with Gasteiger partial charge >= 0.3 is 0 Å². The molecule has 0 saturated carbocycles. The lowest BCUT2D eigenvalue weighted by Gasteiger charge is -2.26. The number of aryl methyl sites for hydroxylation is 1. The molecule has 1 atom stereocenters. The van der Waals surface area contributed by atoms with Crippen molar-refractivity contribution in [2.75, 3.05) is 12.4 Å². The van der Waals surface area contributed by atoms with Gasteiger partial charge in [-0.25, -0.2) is 4.98 Å². The predicted molar refractivity (Wildman–Crippen MR) is 82.3 cm³/mol. The molecular formula is C16H19N3O3. The van der Waals surface area contributed by atoms with Crippen LogP contribution in [0.25, 0.3) is 0 Å². The van der Waals surface area contributed by atoms with Crippen LogP contribution in [0.15, 0.2) is 24.5 Å². The van der Waals surface area contributed by atoms with Gasteiger partial charge in [-0.15, -0.1) is 0 Å². The Bertz CT molecular complexity index is 709. The number of imidazole rings is 1. The Morgan fingerprint density at radius 1 is 1.50 bits per heavy atom. The first-order valence-electron chi connectivity index (χ1n) is 7.35. The van der Waals surface area contributed by atoms with Crippen LogP contribution in [0.1, 0.15) is 37.1 Å². The zero-order valence-electron chi connectivity index (χ0n) is 12.7. The van der Waals surface area contributed by atoms with Crippen LogP contribution >= 0.6 is 0 Å². The van der Waals surface area contributed by atoms with E-state index >= 15 is 0 Å². The first kappa shape index (κ1) is 14.4. The average Bonchev–Trinajstić information content (AvgIpc) is 2.94. The van der Waals surface area contributed by atoms with Crippen LogP contribution in [-0.2, 0) is 11.3 Å². The van der Waals surface area contributed by atoms with Crippen LogP contribution in [0, 0.1) is 0 Å². The second kappa shape index (κ2) is 5.71. The van der Waals surface area contributed by atoms with Crippen molar-refractivity contribution in [3.8, 4) is 11.5 Å². The molecule has 22 heavy (non-hydrogen) atoms. The highest BCUT2D eigenvalue weighted by atomic mass is 16.5. The summed E-state index contributed by atoms with van der Waals surface area (Å²) in [6.07, 6.45) is 5.02. The summed E-state index contributed by atoms with van der Waals surface area (Å²) in [5.74, 6) is 1.06. The Hall–Kier alpha value is -2.50. The fraction of sp³-hybridized carbons (Fsp3) is 0.375. The maximum Gasteiger partial charge on any atom is 0.225 e. The van der Waals surface area contributed by atoms with Crippen LogP contribution < -0.4 is 10.1 Å². The van der Waals surface area contributed by atoms with E-state index in [1.807, 2.05) is 6.20 Å². The second-order valence-electron chi connectivity index (χ2n) is 5.40. The van der Waals surface area contributed by atoms with E-state index in [0.717, 1.165) is 24.4 Å². The Labute approximate surface area is 128 Å². The van der Waals surface area contributed by atoms with Crippen LogP contribution in [0.5, 0.6) is 11.5 Å². The molecule has 1 aromatic carbocycles. The molecule has 3 rings (SSSR count). The number of fused-ring (bicyclic) bond motifs is 1. The molecule has 1 aromatic heterocycles. The fourth-order valence-electron chi connectivity index (χ4n) is 2.93. The predicted octanol–water partition coefficient (Wildman–Crippen LogP) is 2.48. The van der Waals surface area contributed by atoms with E-state index in [1.165, 1.54) is 13.2 Å². The van der Waals surface area contributed by atoms with Gasteiger partial charge in [-0.3, -0.25) is 4.79 Å². The monoisotopic (exact) mass is 301 g/mol. The number of hydrogen-bond acceptors (Lipinski definition) is 4. The molecule has 2 heterocycles. The van der Waals surface area contributed by atoms with Gasteiger partial charge in [-0.1, -0.05) is 6.92 Å². The highest BCUT2D eigenvalue weighted by molar-refractivity contribution is 5.95. The van der Waals surface area contributed by atoms with Crippen molar-refractivity contribution in [3.63, 3.8) is 0 Å². The number of aromatic hydroxyl groups is 1. The number of methoxy groups -OCH3 is 1. The molecule has 0 unspecified atom stereocenters. The number of carbonyl (C=O) groups is 1. The molecule has 6 nitrogen and oxygen atoms in total. The molecule has 2 aromatic rings. The van der Waals surface area contributed by atoms with Gasteiger partial charge in [0.1, 0.15) is 5.82 Å². The highest BCUT2D eigenvalue weighted by Crippen LogP contribution is 2.42. The van der Waals surface area contributed by atoms with Gasteiger partial charge in [-0.05, 0) is 18.1 Å². The number of nitrogens with zero attached hydrogens (tertiary/aromatic N) is 2. The Balaban J connectivity index is 2.10. The molecule has 2 N–H and O–H groups in total. The topological polar surface area (TPSA) is 76.4 Å². The minimum Gasteiger partial charge on any atom is -0.504 e. The third-order valence-corrected chi connectivity index (χ3v) is 3.91. The summed E-state index contributed by atoms with van der Waals surface area (Å²) >= 11 is 0. The molecule has 0 bridgehead atoms. The van der Waals surface area contributed by atoms with Crippen molar-refractivity contribution in [2.45, 2.75) is 32.2 Å². The number of hydrogen-bond donors (Lipinski definition) is 2. The largest absolute Gasteiger partial charge is 0.504 e. The number of phenolic OH excluding ortho intramolecular Hbond substituents is 1. The molecule has 0 aliphatic carbocycles. The van der Waals surface area contributed by atoms with Gasteiger partial charge in [0.2, 0.25) is 5.91 Å². The zero-order valence-corrected chi connectivity index (χ0v) is 12.7. The summed E-state index contributed by atoms with van der Waals surface area (Å²) in [7, 11) is 1.51. The van der Waals surface area contributed by atoms with Crippen LogP contribution in [-0.4, -0.2) is 27.7 Å². The van der Waals surface area contributed by atoms with Gasteiger partial charge in [0.25, 0.3) is 0 Å². The molecule has 116 valence electrons. The number of rotatable bonds is 4. The molecule has 0 fully saturated rings. The van der Waals surface area contributed by atoms with Crippen molar-refractivity contribution in [1.29, 1.82) is 0 Å². The maximum absolute atomic E-state index is 12.0. The minimum atomic E-state index is -0.139. The van der Waals surface area contributed by atoms with E-state index in [-0.39, 0.29) is 17.6 Å². The lowest BCUT2D eigenvalue weighted by molar-refractivity contribution is -0.116. The van der Waals surface area contributed by atoms with Gasteiger partial charge < -0.3 is 19.7 Å². The molecule has 0 saturated heterocycles. The van der Waals surface area contributed by atoms with E-state index in [0.29, 0.717) is 17.9 Å². The number of carbonyl (C=O) groups excluding carboxylic acids is 1. The summed E-state index contributed by atoms with van der Waals surface area (Å²) in [6.45, 7) is 2.96. The van der Waals surface area contributed by atoms with Crippen molar-refractivity contribution in [1.82, 2.24) is 9.55 Å². The standard InChI is InChI=1S/C16H19N3O3/c1-3-5-19-6-4-17-16(19)11-8-15(21)18-12-9-13(20)14(22-2)7-10(11)12/h4,6-7,9,11,20H,3,5,8H2,1-2H3,(H,18,21)/t11-/m1/s1. The zero-order chi connectivity index (χ0) is 15.7. The van der Waals surface area contributed by atoms with Crippen molar-refractivity contribution < 1.29 is 14.6 Å². The Morgan fingerprint density at radius 2 is 2.32 bits per heavy atom. The number of aromatic nitrogens is 2. The molecule has 1 amide bonds. The number of ether oxygens (including phenoxy) is 1. The van der Waals surface area contributed by atoms with Gasteiger partial charge in [0, 0.05) is 37.1 Å². The lowest BCUT2D eigenvalue weighted by Crippen LogP contribution is -2.25. The molecular weight excluding hydrogens is 282 g/mol. The number of nitrogens with one attached hydrogen (secondary N) is 1. The maximum atomic E-state index is 12.0. The molecule has 1 aliphatic rings. The van der Waals surface area contributed by atoms with E-state index in [4.69, 9.17) is 4.74 Å². The lowest BCUT2D eigenvalue weighted by atomic mass is 9.89. The third kappa shape index (κ3) is 2.41. The number of phenols is 1. The quantitative estimate of drug-likeness (QED) is 0.909. The first-order chi connectivity index (χ1) is 10.6. The molecule has 6 heteroatoms. The van der Waals surface area contributed by atoms with E-state index < -0.39 is 0 Å². The molecule has 0 radical (unpaired) electrons. The van der Waals surface area contributed by atoms with Gasteiger partial charge in [0.15, 0.2) is 11.5 Å².